The van der Waals surface area contributed by atoms with Gasteiger partial charge in [-0.1, -0.05) is 0 Å². The van der Waals surface area contributed by atoms with Crippen LogP contribution in [0.4, 0.5) is 0 Å². The van der Waals surface area contributed by atoms with Gasteiger partial charge in [0.05, 0.1) is 19.8 Å². The monoisotopic (exact) mass is 374 g/mol. The van der Waals surface area contributed by atoms with Gasteiger partial charge in [-0.05, 0) is 0 Å². The number of hydrogen-bond acceptors (Lipinski definition) is 12. The lowest BCUT2D eigenvalue weighted by Crippen LogP contribution is -2.59. The Balaban J connectivity index is 2.58. The molecule has 12 nitrogen and oxygen atoms in total. The molecule has 1 aliphatic rings. The molecule has 10 atom stereocenters. The fourth-order valence-electron chi connectivity index (χ4n) is 2.26. The van der Waals surface area contributed by atoms with E-state index >= 15 is 0 Å². The third kappa shape index (κ3) is 5.50. The van der Waals surface area contributed by atoms with Gasteiger partial charge in [-0.15, -0.1) is 0 Å². The Kier molecular flexibility index (Phi) is 9.03. The summed E-state index contributed by atoms with van der Waals surface area (Å²) in [5, 5.41) is 94.4. The maximum atomic E-state index is 9.76. The molecule has 0 aromatic heterocycles. The maximum absolute atomic E-state index is 9.76. The van der Waals surface area contributed by atoms with Crippen molar-refractivity contribution in [2.24, 2.45) is 0 Å². The minimum Gasteiger partial charge on any atom is -0.394 e. The fraction of sp³-hybridized carbons (Fsp3) is 1.00. The predicted molar refractivity (Wildman–Crippen MR) is 76.8 cm³/mol. The van der Waals surface area contributed by atoms with Gasteiger partial charge in [-0.2, -0.15) is 0 Å². The summed E-state index contributed by atoms with van der Waals surface area (Å²) in [5.74, 6) is 0. The number of aliphatic hydroxyl groups is 10. The van der Waals surface area contributed by atoms with Gasteiger partial charge < -0.3 is 60.5 Å². The summed E-state index contributed by atoms with van der Waals surface area (Å²) in [6, 6.07) is 0. The second-order valence-electron chi connectivity index (χ2n) is 5.82. The summed E-state index contributed by atoms with van der Waals surface area (Å²) in [4.78, 5) is 0. The van der Waals surface area contributed by atoms with Crippen molar-refractivity contribution < 1.29 is 60.5 Å². The molecule has 0 aliphatic carbocycles. The molecule has 0 bridgehead atoms. The van der Waals surface area contributed by atoms with Crippen LogP contribution in [0.15, 0.2) is 0 Å². The van der Waals surface area contributed by atoms with Crippen molar-refractivity contribution >= 4 is 0 Å². The van der Waals surface area contributed by atoms with Crippen LogP contribution in [-0.4, -0.2) is 132 Å². The molecule has 0 saturated carbocycles. The van der Waals surface area contributed by atoms with Gasteiger partial charge in [0.1, 0.15) is 54.9 Å². The Hall–Kier alpha value is -0.480. The lowest BCUT2D eigenvalue weighted by molar-refractivity contribution is -0.306. The fourth-order valence-corrected chi connectivity index (χ4v) is 2.26. The highest BCUT2D eigenvalue weighted by molar-refractivity contribution is 4.89. The van der Waals surface area contributed by atoms with E-state index in [9.17, 15) is 40.9 Å². The van der Waals surface area contributed by atoms with E-state index in [2.05, 4.69) is 0 Å². The van der Waals surface area contributed by atoms with E-state index in [0.717, 1.165) is 0 Å². The summed E-state index contributed by atoms with van der Waals surface area (Å²) in [6.45, 7) is -2.30. The summed E-state index contributed by atoms with van der Waals surface area (Å²) >= 11 is 0. The second kappa shape index (κ2) is 10.0. The van der Waals surface area contributed by atoms with Gasteiger partial charge >= 0.3 is 0 Å². The average molecular weight is 374 g/mol. The van der Waals surface area contributed by atoms with Crippen molar-refractivity contribution in [3.8, 4) is 0 Å². The van der Waals surface area contributed by atoms with Gasteiger partial charge in [0.15, 0.2) is 6.29 Å². The Morgan fingerprint density at radius 2 is 1.32 bits per heavy atom. The van der Waals surface area contributed by atoms with Crippen molar-refractivity contribution in [1.29, 1.82) is 0 Å². The highest BCUT2D eigenvalue weighted by atomic mass is 16.7. The van der Waals surface area contributed by atoms with E-state index in [1.54, 1.807) is 0 Å². The van der Waals surface area contributed by atoms with E-state index in [4.69, 9.17) is 19.7 Å². The molecule has 1 rings (SSSR count). The summed E-state index contributed by atoms with van der Waals surface area (Å²) in [7, 11) is 0. The van der Waals surface area contributed by atoms with Crippen molar-refractivity contribution in [3.63, 3.8) is 0 Å². The molecule has 150 valence electrons. The van der Waals surface area contributed by atoms with Gasteiger partial charge in [0.25, 0.3) is 0 Å². The Morgan fingerprint density at radius 1 is 0.760 bits per heavy atom. The Labute approximate surface area is 142 Å². The Bertz CT molecular complexity index is 382. The quantitative estimate of drug-likeness (QED) is 0.182. The Morgan fingerprint density at radius 3 is 1.84 bits per heavy atom. The molecule has 1 fully saturated rings. The summed E-state index contributed by atoms with van der Waals surface area (Å²) < 4.78 is 9.99. The van der Waals surface area contributed by atoms with Crippen LogP contribution in [0.3, 0.4) is 0 Å². The van der Waals surface area contributed by atoms with Crippen LogP contribution in [0.5, 0.6) is 0 Å². The van der Waals surface area contributed by atoms with Crippen LogP contribution in [0.1, 0.15) is 0 Å². The zero-order chi connectivity index (χ0) is 19.3. The maximum Gasteiger partial charge on any atom is 0.186 e. The number of rotatable bonds is 9. The molecule has 25 heavy (non-hydrogen) atoms. The molecule has 1 heterocycles. The van der Waals surface area contributed by atoms with Crippen LogP contribution in [0, 0.1) is 0 Å². The number of aliphatic hydroxyl groups excluding tert-OH is 10. The minimum absolute atomic E-state index is 0.681. The van der Waals surface area contributed by atoms with Gasteiger partial charge in [0, 0.05) is 0 Å². The largest absolute Gasteiger partial charge is 0.394 e. The molecule has 10 unspecified atom stereocenters. The normalized spacial score (nSPS) is 36.5. The molecular weight excluding hydrogens is 348 g/mol. The molecule has 0 amide bonds. The standard InChI is InChI=1S/C13H26O12/c14-1-4(16)7(18)10(21)8(19)5(17)3-24-13-12(23)11(22)9(20)6(2-15)25-13/h4-23H,1-3H2. The van der Waals surface area contributed by atoms with Gasteiger partial charge in [-0.3, -0.25) is 0 Å². The van der Waals surface area contributed by atoms with Crippen molar-refractivity contribution in [2.75, 3.05) is 19.8 Å². The van der Waals surface area contributed by atoms with E-state index < -0.39 is 81.0 Å². The number of ether oxygens (including phenoxy) is 2. The molecule has 0 radical (unpaired) electrons. The summed E-state index contributed by atoms with van der Waals surface area (Å²) in [6.07, 6.45) is -17.3. The van der Waals surface area contributed by atoms with E-state index in [1.807, 2.05) is 0 Å². The van der Waals surface area contributed by atoms with E-state index in [-0.39, 0.29) is 0 Å². The van der Waals surface area contributed by atoms with Crippen LogP contribution < -0.4 is 0 Å². The molecule has 0 aromatic rings. The first-order chi connectivity index (χ1) is 11.6. The first-order valence-corrected chi connectivity index (χ1v) is 7.59. The molecule has 10 N–H and O–H groups in total. The van der Waals surface area contributed by atoms with Crippen LogP contribution >= 0.6 is 0 Å². The van der Waals surface area contributed by atoms with Crippen molar-refractivity contribution in [2.45, 2.75) is 61.2 Å². The lowest BCUT2D eigenvalue weighted by atomic mass is 9.99. The first-order valence-electron chi connectivity index (χ1n) is 7.59. The average Bonchev–Trinajstić information content (AvgIpc) is 2.62. The third-order valence-corrected chi connectivity index (χ3v) is 3.96. The molecule has 0 spiro atoms. The summed E-state index contributed by atoms with van der Waals surface area (Å²) in [5.41, 5.74) is 0. The zero-order valence-electron chi connectivity index (χ0n) is 13.2. The van der Waals surface area contributed by atoms with Crippen LogP contribution in [0.2, 0.25) is 0 Å². The molecule has 12 heteroatoms. The molecule has 0 aromatic carbocycles. The lowest BCUT2D eigenvalue weighted by Gasteiger charge is -2.40. The number of hydrogen-bond donors (Lipinski definition) is 10. The van der Waals surface area contributed by atoms with Gasteiger partial charge in [0.2, 0.25) is 0 Å². The van der Waals surface area contributed by atoms with Crippen LogP contribution in [0.25, 0.3) is 0 Å². The van der Waals surface area contributed by atoms with E-state index in [0.29, 0.717) is 0 Å². The first kappa shape index (κ1) is 22.6. The second-order valence-corrected chi connectivity index (χ2v) is 5.82. The smallest absolute Gasteiger partial charge is 0.186 e. The highest BCUT2D eigenvalue weighted by Crippen LogP contribution is 2.22. The van der Waals surface area contributed by atoms with Crippen molar-refractivity contribution in [1.82, 2.24) is 0 Å². The van der Waals surface area contributed by atoms with Gasteiger partial charge in [-0.25, -0.2) is 0 Å². The minimum atomic E-state index is -2.02. The van der Waals surface area contributed by atoms with E-state index in [1.165, 1.54) is 0 Å². The van der Waals surface area contributed by atoms with Crippen LogP contribution in [-0.2, 0) is 9.47 Å². The molecular formula is C13H26O12. The van der Waals surface area contributed by atoms with Crippen molar-refractivity contribution in [3.05, 3.63) is 0 Å². The molecule has 1 aliphatic heterocycles. The molecule has 1 saturated heterocycles. The topological polar surface area (TPSA) is 221 Å². The predicted octanol–water partition coefficient (Wildman–Crippen LogP) is -6.40. The third-order valence-electron chi connectivity index (χ3n) is 3.96. The zero-order valence-corrected chi connectivity index (χ0v) is 13.2. The highest BCUT2D eigenvalue weighted by Gasteiger charge is 2.44. The SMILES string of the molecule is OCC(O)C(O)C(O)C(O)C(O)COC1OC(CO)C(O)C(O)C1O.